The molecule has 0 spiro atoms. The second-order valence-corrected chi connectivity index (χ2v) is 7.04. The van der Waals surface area contributed by atoms with Crippen LogP contribution >= 0.6 is 0 Å². The molecule has 21 heavy (non-hydrogen) atoms. The highest BCUT2D eigenvalue weighted by molar-refractivity contribution is 7.89. The molecule has 1 rings (SSSR count). The fourth-order valence-corrected chi connectivity index (χ4v) is 2.85. The van der Waals surface area contributed by atoms with Gasteiger partial charge in [-0.15, -0.1) is 0 Å². The Labute approximate surface area is 128 Å². The van der Waals surface area contributed by atoms with Crippen LogP contribution in [0.4, 0.5) is 0 Å². The van der Waals surface area contributed by atoms with E-state index < -0.39 is 10.0 Å². The van der Waals surface area contributed by atoms with Crippen molar-refractivity contribution >= 4 is 10.0 Å². The van der Waals surface area contributed by atoms with E-state index >= 15 is 0 Å². The summed E-state index contributed by atoms with van der Waals surface area (Å²) in [6.45, 7) is 8.92. The van der Waals surface area contributed by atoms with Crippen LogP contribution in [0.15, 0.2) is 29.2 Å². The summed E-state index contributed by atoms with van der Waals surface area (Å²) >= 11 is 0. The van der Waals surface area contributed by atoms with Crippen molar-refractivity contribution in [2.75, 3.05) is 26.2 Å². The molecule has 0 bridgehead atoms. The van der Waals surface area contributed by atoms with E-state index in [1.54, 1.807) is 24.3 Å². The van der Waals surface area contributed by atoms with E-state index in [2.05, 4.69) is 17.0 Å². The topological polar surface area (TPSA) is 67.4 Å². The van der Waals surface area contributed by atoms with Crippen molar-refractivity contribution in [1.82, 2.24) is 10.0 Å². The highest BCUT2D eigenvalue weighted by atomic mass is 32.2. The molecule has 1 aromatic rings. The number of nitrogens with one attached hydrogen (secondary N) is 2. The van der Waals surface area contributed by atoms with Crippen molar-refractivity contribution < 1.29 is 13.2 Å². The Morgan fingerprint density at radius 1 is 1.19 bits per heavy atom. The number of hydrogen-bond acceptors (Lipinski definition) is 4. The van der Waals surface area contributed by atoms with Gasteiger partial charge in [0.25, 0.3) is 0 Å². The molecule has 0 atom stereocenters. The Bertz CT molecular complexity index is 498. The summed E-state index contributed by atoms with van der Waals surface area (Å²) in [6, 6.07) is 6.53. The first-order valence-electron chi connectivity index (χ1n) is 7.39. The van der Waals surface area contributed by atoms with Crippen LogP contribution in [0.3, 0.4) is 0 Å². The number of ether oxygens (including phenoxy) is 1. The van der Waals surface area contributed by atoms with Crippen molar-refractivity contribution in [2.45, 2.75) is 32.1 Å². The Morgan fingerprint density at radius 2 is 1.86 bits per heavy atom. The monoisotopic (exact) mass is 314 g/mol. The van der Waals surface area contributed by atoms with Crippen LogP contribution < -0.4 is 14.8 Å². The second kappa shape index (κ2) is 9.02. The zero-order valence-electron chi connectivity index (χ0n) is 13.1. The van der Waals surface area contributed by atoms with E-state index in [0.29, 0.717) is 18.9 Å². The Kier molecular flexibility index (Phi) is 7.71. The molecule has 0 aliphatic carbocycles. The Balaban J connectivity index is 2.49. The number of benzene rings is 1. The third kappa shape index (κ3) is 6.93. The summed E-state index contributed by atoms with van der Waals surface area (Å²) in [7, 11) is -3.42. The van der Waals surface area contributed by atoms with Crippen LogP contribution in [0.2, 0.25) is 0 Å². The summed E-state index contributed by atoms with van der Waals surface area (Å²) in [5.74, 6) is 0.966. The molecule has 0 aromatic heterocycles. The van der Waals surface area contributed by atoms with Crippen LogP contribution in [0, 0.1) is 5.92 Å². The number of rotatable bonds is 10. The molecule has 0 radical (unpaired) electrons. The average Bonchev–Trinajstić information content (AvgIpc) is 2.46. The first-order valence-corrected chi connectivity index (χ1v) is 8.87. The number of hydrogen-bond donors (Lipinski definition) is 2. The van der Waals surface area contributed by atoms with Crippen molar-refractivity contribution in [2.24, 2.45) is 5.92 Å². The van der Waals surface area contributed by atoms with Crippen molar-refractivity contribution in [3.8, 4) is 5.75 Å². The smallest absolute Gasteiger partial charge is 0.240 e. The zero-order valence-corrected chi connectivity index (χ0v) is 13.9. The van der Waals surface area contributed by atoms with Gasteiger partial charge in [0.2, 0.25) is 10.0 Å². The molecule has 0 aliphatic heterocycles. The van der Waals surface area contributed by atoms with Gasteiger partial charge >= 0.3 is 0 Å². The average molecular weight is 314 g/mol. The summed E-state index contributed by atoms with van der Waals surface area (Å²) < 4.78 is 32.2. The molecule has 0 saturated heterocycles. The lowest BCUT2D eigenvalue weighted by molar-refractivity contribution is 0.308. The molecular weight excluding hydrogens is 288 g/mol. The molecular formula is C15H26N2O3S. The molecule has 2 N–H and O–H groups in total. The lowest BCUT2D eigenvalue weighted by Gasteiger charge is -2.10. The molecule has 0 aliphatic rings. The molecule has 0 saturated carbocycles. The van der Waals surface area contributed by atoms with Gasteiger partial charge in [0, 0.05) is 6.54 Å². The van der Waals surface area contributed by atoms with Crippen LogP contribution in [0.1, 0.15) is 27.2 Å². The van der Waals surface area contributed by atoms with Gasteiger partial charge in [-0.2, -0.15) is 0 Å². The lowest BCUT2D eigenvalue weighted by Crippen LogP contribution is -2.27. The minimum atomic E-state index is -3.42. The second-order valence-electron chi connectivity index (χ2n) is 5.27. The summed E-state index contributed by atoms with van der Waals surface area (Å²) in [4.78, 5) is 0.267. The van der Waals surface area contributed by atoms with Crippen molar-refractivity contribution in [3.63, 3.8) is 0 Å². The van der Waals surface area contributed by atoms with Crippen molar-refractivity contribution in [1.29, 1.82) is 0 Å². The highest BCUT2D eigenvalue weighted by Crippen LogP contribution is 2.16. The van der Waals surface area contributed by atoms with E-state index in [4.69, 9.17) is 4.74 Å². The van der Waals surface area contributed by atoms with E-state index in [1.807, 2.05) is 13.8 Å². The molecule has 0 amide bonds. The minimum Gasteiger partial charge on any atom is -0.494 e. The summed E-state index contributed by atoms with van der Waals surface area (Å²) in [5, 5.41) is 3.22. The van der Waals surface area contributed by atoms with Gasteiger partial charge in [-0.1, -0.05) is 20.8 Å². The Hall–Kier alpha value is -1.11. The van der Waals surface area contributed by atoms with E-state index in [-0.39, 0.29) is 10.8 Å². The quantitative estimate of drug-likeness (QED) is 0.648. The summed E-state index contributed by atoms with van der Waals surface area (Å²) in [5.41, 5.74) is 0. The van der Waals surface area contributed by atoms with Gasteiger partial charge in [-0.3, -0.25) is 0 Å². The van der Waals surface area contributed by atoms with E-state index in [9.17, 15) is 8.42 Å². The van der Waals surface area contributed by atoms with Gasteiger partial charge in [0.1, 0.15) is 5.75 Å². The van der Waals surface area contributed by atoms with Crippen LogP contribution in [0.5, 0.6) is 5.75 Å². The van der Waals surface area contributed by atoms with Crippen molar-refractivity contribution in [3.05, 3.63) is 24.3 Å². The molecule has 0 unspecified atom stereocenters. The number of sulfonamides is 1. The predicted octanol–water partition coefficient (Wildman–Crippen LogP) is 2.00. The maximum Gasteiger partial charge on any atom is 0.240 e. The van der Waals surface area contributed by atoms with Crippen LogP contribution in [0.25, 0.3) is 0 Å². The highest BCUT2D eigenvalue weighted by Gasteiger charge is 2.13. The van der Waals surface area contributed by atoms with Gasteiger partial charge in [-0.25, -0.2) is 13.1 Å². The lowest BCUT2D eigenvalue weighted by atomic mass is 10.2. The zero-order chi connectivity index (χ0) is 15.7. The van der Waals surface area contributed by atoms with Gasteiger partial charge in [0.15, 0.2) is 0 Å². The standard InChI is InChI=1S/C15H26N2O3S/c1-4-16-10-5-11-20-14-6-8-15(9-7-14)21(18,19)17-12-13(2)3/h6-9,13,16-17H,4-5,10-12H2,1-3H3. The SMILES string of the molecule is CCNCCCOc1ccc(S(=O)(=O)NCC(C)C)cc1. The van der Waals surface area contributed by atoms with Crippen LogP contribution in [-0.4, -0.2) is 34.7 Å². The largest absolute Gasteiger partial charge is 0.494 e. The van der Waals surface area contributed by atoms with E-state index in [0.717, 1.165) is 19.5 Å². The Morgan fingerprint density at radius 3 is 2.43 bits per heavy atom. The molecule has 0 heterocycles. The van der Waals surface area contributed by atoms with Gasteiger partial charge < -0.3 is 10.1 Å². The maximum atomic E-state index is 12.0. The maximum absolute atomic E-state index is 12.0. The fraction of sp³-hybridized carbons (Fsp3) is 0.600. The molecule has 6 heteroatoms. The first kappa shape index (κ1) is 17.9. The molecule has 5 nitrogen and oxygen atoms in total. The molecule has 120 valence electrons. The first-order chi connectivity index (χ1) is 9.95. The van der Waals surface area contributed by atoms with Crippen LogP contribution in [-0.2, 0) is 10.0 Å². The predicted molar refractivity (Wildman–Crippen MR) is 85.1 cm³/mol. The van der Waals surface area contributed by atoms with Gasteiger partial charge in [-0.05, 0) is 49.7 Å². The molecule has 1 aromatic carbocycles. The normalized spacial score (nSPS) is 11.8. The molecule has 0 fully saturated rings. The third-order valence-electron chi connectivity index (χ3n) is 2.83. The summed E-state index contributed by atoms with van der Waals surface area (Å²) in [6.07, 6.45) is 0.920. The van der Waals surface area contributed by atoms with Gasteiger partial charge in [0.05, 0.1) is 11.5 Å². The third-order valence-corrected chi connectivity index (χ3v) is 4.27. The minimum absolute atomic E-state index is 0.267. The van der Waals surface area contributed by atoms with E-state index in [1.165, 1.54) is 0 Å². The fourth-order valence-electron chi connectivity index (χ4n) is 1.64.